The van der Waals surface area contributed by atoms with E-state index < -0.39 is 10.1 Å². The maximum absolute atomic E-state index is 10.7. The fourth-order valence-corrected chi connectivity index (χ4v) is 2.02. The monoisotopic (exact) mass is 193 g/mol. The van der Waals surface area contributed by atoms with Crippen LogP contribution in [0.15, 0.2) is 0 Å². The first-order valence-electron chi connectivity index (χ1n) is 4.04. The molecule has 1 saturated heterocycles. The molecular formula is C7H15NO3S. The van der Waals surface area contributed by atoms with Crippen molar-refractivity contribution in [3.63, 3.8) is 0 Å². The van der Waals surface area contributed by atoms with Crippen LogP contribution in [-0.4, -0.2) is 45.8 Å². The van der Waals surface area contributed by atoms with Crippen molar-refractivity contribution >= 4 is 10.1 Å². The van der Waals surface area contributed by atoms with Crippen LogP contribution in [0, 0.1) is 0 Å². The van der Waals surface area contributed by atoms with E-state index in [0.717, 1.165) is 32.2 Å². The Morgan fingerprint density at radius 3 is 2.25 bits per heavy atom. The largest absolute Gasteiger partial charge is 0.306 e. The van der Waals surface area contributed by atoms with E-state index in [4.69, 9.17) is 4.18 Å². The highest BCUT2D eigenvalue weighted by Gasteiger charge is 2.20. The molecule has 0 bridgehead atoms. The second-order valence-electron chi connectivity index (χ2n) is 3.30. The molecule has 0 aromatic rings. The SMILES string of the molecule is CN1CCC(OS(C)(=O)=O)CC1. The van der Waals surface area contributed by atoms with Gasteiger partial charge in [0.2, 0.25) is 0 Å². The molecule has 1 fully saturated rings. The van der Waals surface area contributed by atoms with Crippen LogP contribution in [0.4, 0.5) is 0 Å². The molecule has 12 heavy (non-hydrogen) atoms. The molecule has 0 aliphatic carbocycles. The van der Waals surface area contributed by atoms with Gasteiger partial charge in [0.15, 0.2) is 0 Å². The second kappa shape index (κ2) is 3.72. The summed E-state index contributed by atoms with van der Waals surface area (Å²) in [6, 6.07) is 0. The van der Waals surface area contributed by atoms with Gasteiger partial charge in [0.1, 0.15) is 0 Å². The van der Waals surface area contributed by atoms with Gasteiger partial charge in [0, 0.05) is 13.1 Å². The molecule has 0 unspecified atom stereocenters. The van der Waals surface area contributed by atoms with E-state index in [0.29, 0.717) is 0 Å². The topological polar surface area (TPSA) is 46.6 Å². The van der Waals surface area contributed by atoms with E-state index in [9.17, 15) is 8.42 Å². The molecular weight excluding hydrogens is 178 g/mol. The van der Waals surface area contributed by atoms with E-state index in [2.05, 4.69) is 4.90 Å². The lowest BCUT2D eigenvalue weighted by Crippen LogP contribution is -2.35. The quantitative estimate of drug-likeness (QED) is 0.582. The molecule has 0 atom stereocenters. The number of hydrogen-bond acceptors (Lipinski definition) is 4. The predicted octanol–water partition coefficient (Wildman–Crippen LogP) is 0.0568. The van der Waals surface area contributed by atoms with Crippen LogP contribution < -0.4 is 0 Å². The molecule has 72 valence electrons. The van der Waals surface area contributed by atoms with Crippen LogP contribution in [-0.2, 0) is 14.3 Å². The van der Waals surface area contributed by atoms with Crippen molar-refractivity contribution in [2.45, 2.75) is 18.9 Å². The Bertz CT molecular complexity index is 229. The van der Waals surface area contributed by atoms with Crippen LogP contribution >= 0.6 is 0 Å². The zero-order valence-corrected chi connectivity index (χ0v) is 8.30. The Balaban J connectivity index is 2.36. The molecule has 0 spiro atoms. The minimum atomic E-state index is -3.26. The molecule has 0 N–H and O–H groups in total. The van der Waals surface area contributed by atoms with Gasteiger partial charge in [-0.05, 0) is 19.9 Å². The average Bonchev–Trinajstić information content (AvgIpc) is 1.91. The fourth-order valence-electron chi connectivity index (χ4n) is 1.33. The number of rotatable bonds is 2. The standard InChI is InChI=1S/C7H15NO3S/c1-8-5-3-7(4-6-8)11-12(2,9)10/h7H,3-6H2,1-2H3. The summed E-state index contributed by atoms with van der Waals surface area (Å²) in [4.78, 5) is 2.17. The molecule has 0 aromatic carbocycles. The number of piperidine rings is 1. The molecule has 1 heterocycles. The highest BCUT2D eigenvalue weighted by molar-refractivity contribution is 7.86. The van der Waals surface area contributed by atoms with Crippen molar-refractivity contribution in [2.75, 3.05) is 26.4 Å². The summed E-state index contributed by atoms with van der Waals surface area (Å²) in [5, 5.41) is 0. The van der Waals surface area contributed by atoms with E-state index in [1.54, 1.807) is 0 Å². The van der Waals surface area contributed by atoms with Crippen molar-refractivity contribution in [3.05, 3.63) is 0 Å². The minimum Gasteiger partial charge on any atom is -0.306 e. The van der Waals surface area contributed by atoms with Crippen molar-refractivity contribution < 1.29 is 12.6 Å². The van der Waals surface area contributed by atoms with Gasteiger partial charge in [-0.2, -0.15) is 8.42 Å². The summed E-state index contributed by atoms with van der Waals surface area (Å²) in [6.07, 6.45) is 2.62. The lowest BCUT2D eigenvalue weighted by atomic mass is 10.1. The smallest absolute Gasteiger partial charge is 0.264 e. The molecule has 4 nitrogen and oxygen atoms in total. The molecule has 5 heteroatoms. The molecule has 1 aliphatic rings. The lowest BCUT2D eigenvalue weighted by molar-refractivity contribution is 0.121. The van der Waals surface area contributed by atoms with Crippen molar-refractivity contribution in [2.24, 2.45) is 0 Å². The third-order valence-electron chi connectivity index (χ3n) is 1.98. The number of hydrogen-bond donors (Lipinski definition) is 0. The van der Waals surface area contributed by atoms with E-state index in [1.165, 1.54) is 0 Å². The molecule has 0 saturated carbocycles. The summed E-state index contributed by atoms with van der Waals surface area (Å²) in [7, 11) is -1.24. The van der Waals surface area contributed by atoms with Gasteiger partial charge in [-0.25, -0.2) is 0 Å². The third-order valence-corrected chi connectivity index (χ3v) is 2.60. The highest BCUT2D eigenvalue weighted by atomic mass is 32.2. The van der Waals surface area contributed by atoms with Gasteiger partial charge >= 0.3 is 0 Å². The predicted molar refractivity (Wildman–Crippen MR) is 46.4 cm³/mol. The average molecular weight is 193 g/mol. The van der Waals surface area contributed by atoms with Crippen LogP contribution in [0.2, 0.25) is 0 Å². The van der Waals surface area contributed by atoms with Crippen LogP contribution in [0.5, 0.6) is 0 Å². The highest BCUT2D eigenvalue weighted by Crippen LogP contribution is 2.13. The Labute approximate surface area is 73.6 Å². The first-order valence-corrected chi connectivity index (χ1v) is 5.86. The van der Waals surface area contributed by atoms with Crippen molar-refractivity contribution in [3.8, 4) is 0 Å². The van der Waals surface area contributed by atoms with Gasteiger partial charge in [0.05, 0.1) is 12.4 Å². The number of nitrogens with zero attached hydrogens (tertiary/aromatic N) is 1. The van der Waals surface area contributed by atoms with Crippen LogP contribution in [0.3, 0.4) is 0 Å². The Hall–Kier alpha value is -0.130. The van der Waals surface area contributed by atoms with E-state index in [1.807, 2.05) is 7.05 Å². The van der Waals surface area contributed by atoms with Crippen LogP contribution in [0.25, 0.3) is 0 Å². The third kappa shape index (κ3) is 3.51. The first-order chi connectivity index (χ1) is 5.47. The van der Waals surface area contributed by atoms with E-state index >= 15 is 0 Å². The molecule has 0 aromatic heterocycles. The summed E-state index contributed by atoms with van der Waals surface area (Å²) < 4.78 is 26.4. The van der Waals surface area contributed by atoms with Gasteiger partial charge in [-0.1, -0.05) is 0 Å². The fraction of sp³-hybridized carbons (Fsp3) is 1.00. The Morgan fingerprint density at radius 2 is 1.83 bits per heavy atom. The molecule has 1 rings (SSSR count). The minimum absolute atomic E-state index is 0.101. The first kappa shape index (κ1) is 9.95. The van der Waals surface area contributed by atoms with Crippen molar-refractivity contribution in [1.82, 2.24) is 4.90 Å². The zero-order valence-electron chi connectivity index (χ0n) is 7.49. The van der Waals surface area contributed by atoms with Gasteiger partial charge in [-0.3, -0.25) is 4.18 Å². The zero-order chi connectivity index (χ0) is 9.19. The second-order valence-corrected chi connectivity index (χ2v) is 4.90. The van der Waals surface area contributed by atoms with Gasteiger partial charge in [-0.15, -0.1) is 0 Å². The van der Waals surface area contributed by atoms with Crippen molar-refractivity contribution in [1.29, 1.82) is 0 Å². The van der Waals surface area contributed by atoms with Gasteiger partial charge in [0.25, 0.3) is 10.1 Å². The summed E-state index contributed by atoms with van der Waals surface area (Å²) in [5.41, 5.74) is 0. The normalized spacial score (nSPS) is 22.8. The van der Waals surface area contributed by atoms with E-state index in [-0.39, 0.29) is 6.10 Å². The van der Waals surface area contributed by atoms with Crippen LogP contribution in [0.1, 0.15) is 12.8 Å². The molecule has 1 aliphatic heterocycles. The number of likely N-dealkylation sites (tertiary alicyclic amines) is 1. The lowest BCUT2D eigenvalue weighted by Gasteiger charge is -2.27. The summed E-state index contributed by atoms with van der Waals surface area (Å²) in [6.45, 7) is 1.83. The summed E-state index contributed by atoms with van der Waals surface area (Å²) in [5.74, 6) is 0. The van der Waals surface area contributed by atoms with Gasteiger partial charge < -0.3 is 4.90 Å². The Morgan fingerprint density at radius 1 is 1.33 bits per heavy atom. The maximum Gasteiger partial charge on any atom is 0.264 e. The Kier molecular flexibility index (Phi) is 3.09. The molecule has 0 amide bonds. The summed E-state index contributed by atoms with van der Waals surface area (Å²) >= 11 is 0. The maximum atomic E-state index is 10.7. The molecule has 0 radical (unpaired) electrons.